The number of hydrogen-bond acceptors (Lipinski definition) is 8. The van der Waals surface area contributed by atoms with Gasteiger partial charge < -0.3 is 0 Å². The monoisotopic (exact) mass is 650 g/mol. The quantitative estimate of drug-likeness (QED) is 0.233. The van der Waals surface area contributed by atoms with Gasteiger partial charge in [-0.05, 0) is 35.4 Å². The fraction of sp³-hybridized carbons (Fsp3) is 0.154. The zero-order valence-corrected chi connectivity index (χ0v) is 25.3. The van der Waals surface area contributed by atoms with Gasteiger partial charge in [0.25, 0.3) is 11.8 Å². The molecule has 2 heterocycles. The number of benzene rings is 2. The average Bonchev–Trinajstić information content (AvgIpc) is 3.35. The minimum Gasteiger partial charge on any atom is -0.292 e. The van der Waals surface area contributed by atoms with E-state index in [2.05, 4.69) is 10.9 Å². The summed E-state index contributed by atoms with van der Waals surface area (Å²) in [4.78, 5) is 53.6. The van der Waals surface area contributed by atoms with Crippen molar-refractivity contribution in [1.82, 2.24) is 20.7 Å². The molecule has 0 saturated carbocycles. The Morgan fingerprint density at radius 1 is 0.725 bits per heavy atom. The predicted molar refractivity (Wildman–Crippen MR) is 168 cm³/mol. The minimum atomic E-state index is -0.509. The molecule has 0 spiro atoms. The standard InChI is InChI=1S/C26H20Cl2N4O4S4/c27-17-7-3-1-5-15(17)13-19-23(35)31(25(37)39-19)11-9-21(33)29-30-22(34)10-12-32-24(36)20(40-26(32)38)14-16-6-2-4-8-18(16)28/h1-8,13-14H,9-12H2,(H,29,33)(H,30,34)/b19-13-,20-14-. The van der Waals surface area contributed by atoms with Crippen LogP contribution in [0.25, 0.3) is 12.2 Å². The van der Waals surface area contributed by atoms with Crippen LogP contribution in [0.5, 0.6) is 0 Å². The molecule has 2 saturated heterocycles. The van der Waals surface area contributed by atoms with Crippen LogP contribution in [0.2, 0.25) is 10.0 Å². The molecule has 0 aromatic heterocycles. The fourth-order valence-electron chi connectivity index (χ4n) is 3.54. The molecular formula is C26H20Cl2N4O4S4. The normalized spacial score (nSPS) is 17.4. The molecule has 4 rings (SSSR count). The Labute approximate surface area is 259 Å². The average molecular weight is 652 g/mol. The van der Waals surface area contributed by atoms with Gasteiger partial charge in [0.15, 0.2) is 0 Å². The van der Waals surface area contributed by atoms with Gasteiger partial charge in [-0.15, -0.1) is 0 Å². The van der Waals surface area contributed by atoms with Crippen molar-refractivity contribution in [3.05, 3.63) is 79.5 Å². The Hall–Kier alpha value is -2.74. The van der Waals surface area contributed by atoms with E-state index in [1.165, 1.54) is 9.80 Å². The largest absolute Gasteiger partial charge is 0.292 e. The second kappa shape index (κ2) is 13.7. The molecule has 0 radical (unpaired) electrons. The number of nitrogens with zero attached hydrogens (tertiary/aromatic N) is 2. The summed E-state index contributed by atoms with van der Waals surface area (Å²) in [5.74, 6) is -1.66. The summed E-state index contributed by atoms with van der Waals surface area (Å²) < 4.78 is 0.652. The van der Waals surface area contributed by atoms with Gasteiger partial charge in [0.1, 0.15) is 8.64 Å². The van der Waals surface area contributed by atoms with Crippen molar-refractivity contribution in [2.75, 3.05) is 13.1 Å². The number of thioether (sulfide) groups is 2. The Morgan fingerprint density at radius 2 is 1.10 bits per heavy atom. The lowest BCUT2D eigenvalue weighted by molar-refractivity contribution is -0.130. The number of thiocarbonyl (C=S) groups is 2. The van der Waals surface area contributed by atoms with E-state index in [0.29, 0.717) is 39.6 Å². The second-order valence-electron chi connectivity index (χ2n) is 8.31. The molecule has 2 fully saturated rings. The molecule has 2 aromatic carbocycles. The van der Waals surface area contributed by atoms with Crippen molar-refractivity contribution >= 4 is 116 Å². The van der Waals surface area contributed by atoms with Gasteiger partial charge in [-0.25, -0.2) is 0 Å². The van der Waals surface area contributed by atoms with Gasteiger partial charge in [-0.2, -0.15) is 0 Å². The zero-order valence-electron chi connectivity index (χ0n) is 20.5. The summed E-state index contributed by atoms with van der Waals surface area (Å²) in [6, 6.07) is 14.2. The fourth-order valence-corrected chi connectivity index (χ4v) is 6.52. The van der Waals surface area contributed by atoms with Gasteiger partial charge in [-0.3, -0.25) is 39.8 Å². The van der Waals surface area contributed by atoms with Crippen molar-refractivity contribution < 1.29 is 19.2 Å². The molecule has 2 aliphatic heterocycles. The first-order valence-electron chi connectivity index (χ1n) is 11.7. The third-order valence-electron chi connectivity index (χ3n) is 5.60. The van der Waals surface area contributed by atoms with E-state index in [4.69, 9.17) is 47.6 Å². The molecule has 0 atom stereocenters. The number of carbonyl (C=O) groups excluding carboxylic acids is 4. The number of hydrogen-bond donors (Lipinski definition) is 2. The first kappa shape index (κ1) is 30.2. The lowest BCUT2D eigenvalue weighted by atomic mass is 10.2. The number of halogens is 2. The minimum absolute atomic E-state index is 0.0422. The smallest absolute Gasteiger partial charge is 0.266 e. The van der Waals surface area contributed by atoms with E-state index in [-0.39, 0.29) is 37.7 Å². The zero-order chi connectivity index (χ0) is 28.8. The third-order valence-corrected chi connectivity index (χ3v) is 9.04. The van der Waals surface area contributed by atoms with Gasteiger partial charge >= 0.3 is 0 Å². The molecule has 0 aliphatic carbocycles. The van der Waals surface area contributed by atoms with Gasteiger partial charge in [0.2, 0.25) is 11.8 Å². The molecule has 2 N–H and O–H groups in total. The van der Waals surface area contributed by atoms with Crippen LogP contribution < -0.4 is 10.9 Å². The Kier molecular flexibility index (Phi) is 10.4. The molecule has 14 heteroatoms. The summed E-state index contributed by atoms with van der Waals surface area (Å²) in [5, 5.41) is 1.01. The lowest BCUT2D eigenvalue weighted by Crippen LogP contribution is -2.44. The highest BCUT2D eigenvalue weighted by Crippen LogP contribution is 2.35. The van der Waals surface area contributed by atoms with Crippen LogP contribution in [0.3, 0.4) is 0 Å². The molecule has 4 amide bonds. The van der Waals surface area contributed by atoms with Crippen LogP contribution in [-0.2, 0) is 19.2 Å². The van der Waals surface area contributed by atoms with Gasteiger partial charge in [-0.1, -0.05) is 108 Å². The summed E-state index contributed by atoms with van der Waals surface area (Å²) in [6.45, 7) is 0.0844. The van der Waals surface area contributed by atoms with Crippen molar-refractivity contribution in [3.8, 4) is 0 Å². The topological polar surface area (TPSA) is 98.8 Å². The summed E-state index contributed by atoms with van der Waals surface area (Å²) in [7, 11) is 0. The lowest BCUT2D eigenvalue weighted by Gasteiger charge is -2.15. The predicted octanol–water partition coefficient (Wildman–Crippen LogP) is 5.02. The summed E-state index contributed by atoms with van der Waals surface area (Å²) >= 11 is 25.2. The Morgan fingerprint density at radius 3 is 1.48 bits per heavy atom. The van der Waals surface area contributed by atoms with Crippen LogP contribution in [0.4, 0.5) is 0 Å². The van der Waals surface area contributed by atoms with Crippen LogP contribution in [-0.4, -0.2) is 55.2 Å². The number of rotatable bonds is 8. The van der Waals surface area contributed by atoms with Crippen molar-refractivity contribution in [2.24, 2.45) is 0 Å². The second-order valence-corrected chi connectivity index (χ2v) is 12.5. The molecular weight excluding hydrogens is 631 g/mol. The Bertz CT molecular complexity index is 1370. The first-order valence-corrected chi connectivity index (χ1v) is 14.9. The summed E-state index contributed by atoms with van der Waals surface area (Å²) in [5.41, 5.74) is 6.00. The van der Waals surface area contributed by atoms with Crippen molar-refractivity contribution in [2.45, 2.75) is 12.8 Å². The number of amides is 4. The molecule has 40 heavy (non-hydrogen) atoms. The van der Waals surface area contributed by atoms with Crippen LogP contribution in [0, 0.1) is 0 Å². The van der Waals surface area contributed by atoms with E-state index < -0.39 is 11.8 Å². The highest BCUT2D eigenvalue weighted by atomic mass is 35.5. The van der Waals surface area contributed by atoms with Gasteiger partial charge in [0, 0.05) is 36.0 Å². The number of nitrogens with one attached hydrogen (secondary N) is 2. The van der Waals surface area contributed by atoms with Crippen LogP contribution in [0.15, 0.2) is 58.3 Å². The Balaban J connectivity index is 1.22. The van der Waals surface area contributed by atoms with E-state index in [1.807, 2.05) is 12.1 Å². The summed E-state index contributed by atoms with van der Waals surface area (Å²) in [6.07, 6.45) is 3.14. The molecule has 0 bridgehead atoms. The van der Waals surface area contributed by atoms with Gasteiger partial charge in [0.05, 0.1) is 9.81 Å². The van der Waals surface area contributed by atoms with E-state index in [9.17, 15) is 19.2 Å². The molecule has 0 unspecified atom stereocenters. The van der Waals surface area contributed by atoms with E-state index in [1.54, 1.807) is 48.6 Å². The highest BCUT2D eigenvalue weighted by molar-refractivity contribution is 8.27. The molecule has 2 aliphatic rings. The maximum absolute atomic E-state index is 12.8. The third kappa shape index (κ3) is 7.50. The van der Waals surface area contributed by atoms with E-state index in [0.717, 1.165) is 23.5 Å². The first-order chi connectivity index (χ1) is 19.1. The van der Waals surface area contributed by atoms with Crippen molar-refractivity contribution in [1.29, 1.82) is 0 Å². The number of hydrazine groups is 1. The van der Waals surface area contributed by atoms with Crippen LogP contribution >= 0.6 is 71.2 Å². The molecule has 206 valence electrons. The highest BCUT2D eigenvalue weighted by Gasteiger charge is 2.33. The van der Waals surface area contributed by atoms with E-state index >= 15 is 0 Å². The number of carbonyl (C=O) groups is 4. The maximum Gasteiger partial charge on any atom is 0.266 e. The SMILES string of the molecule is O=C(CCN1C(=O)/C(=C/c2ccccc2Cl)SC1=S)NNC(=O)CCN1C(=O)/C(=C/c2ccccc2Cl)SC1=S. The maximum atomic E-state index is 12.8. The van der Waals surface area contributed by atoms with Crippen LogP contribution in [0.1, 0.15) is 24.0 Å². The van der Waals surface area contributed by atoms with Crippen molar-refractivity contribution in [3.63, 3.8) is 0 Å². The molecule has 2 aromatic rings. The molecule has 8 nitrogen and oxygen atoms in total.